The third-order valence-corrected chi connectivity index (χ3v) is 11.7. The molecule has 4 saturated heterocycles. The lowest BCUT2D eigenvalue weighted by Crippen LogP contribution is -2.48. The summed E-state index contributed by atoms with van der Waals surface area (Å²) < 4.78 is 7.07. The molecule has 12 nitrogen and oxygen atoms in total. The van der Waals surface area contributed by atoms with Gasteiger partial charge in [-0.3, -0.25) is 24.5 Å². The van der Waals surface area contributed by atoms with Crippen molar-refractivity contribution in [2.45, 2.75) is 63.0 Å². The summed E-state index contributed by atoms with van der Waals surface area (Å²) in [6.45, 7) is 5.20. The zero-order chi connectivity index (χ0) is 35.7. The van der Waals surface area contributed by atoms with E-state index in [4.69, 9.17) is 16.3 Å². The highest BCUT2D eigenvalue weighted by molar-refractivity contribution is 6.32. The van der Waals surface area contributed by atoms with Crippen LogP contribution in [0.15, 0.2) is 59.5 Å². The SMILES string of the molecule is CN1CC(Nc2cnn(C)c(=O)c2Cl)CC(c2ccc(C(=O)N3CCC4(CC3)CCN(c3ccc(OC5CCC(=O)NC5=O)cc3)CC4)cc2)C1. The third kappa shape index (κ3) is 7.77. The molecule has 0 saturated carbocycles. The zero-order valence-corrected chi connectivity index (χ0v) is 30.0. The minimum absolute atomic E-state index is 0.0982. The van der Waals surface area contributed by atoms with Crippen LogP contribution in [0.25, 0.3) is 0 Å². The maximum absolute atomic E-state index is 13.6. The van der Waals surface area contributed by atoms with E-state index in [9.17, 15) is 19.2 Å². The van der Waals surface area contributed by atoms with Crippen LogP contribution >= 0.6 is 11.6 Å². The number of carbonyl (C=O) groups excluding carboxylic acids is 3. The van der Waals surface area contributed by atoms with Gasteiger partial charge >= 0.3 is 0 Å². The lowest BCUT2D eigenvalue weighted by molar-refractivity contribution is -0.138. The van der Waals surface area contributed by atoms with Gasteiger partial charge in [-0.1, -0.05) is 23.7 Å². The molecule has 0 radical (unpaired) electrons. The van der Waals surface area contributed by atoms with Gasteiger partial charge in [0, 0.05) is 76.5 Å². The van der Waals surface area contributed by atoms with Crippen molar-refractivity contribution < 1.29 is 19.1 Å². The first kappa shape index (κ1) is 35.0. The number of imide groups is 1. The number of anilines is 2. The van der Waals surface area contributed by atoms with Crippen molar-refractivity contribution in [3.8, 4) is 5.75 Å². The van der Waals surface area contributed by atoms with Gasteiger partial charge in [0.1, 0.15) is 10.8 Å². The van der Waals surface area contributed by atoms with Crippen LogP contribution in [0.5, 0.6) is 5.75 Å². The van der Waals surface area contributed by atoms with Crippen LogP contribution in [-0.2, 0) is 16.6 Å². The van der Waals surface area contributed by atoms with E-state index in [-0.39, 0.29) is 45.7 Å². The van der Waals surface area contributed by atoms with Crippen LogP contribution in [0, 0.1) is 5.41 Å². The first-order valence-corrected chi connectivity index (χ1v) is 18.4. The second-order valence-corrected chi connectivity index (χ2v) is 15.1. The molecule has 4 aliphatic heterocycles. The van der Waals surface area contributed by atoms with Crippen LogP contribution < -0.4 is 25.8 Å². The molecule has 3 aromatic rings. The number of piperidine rings is 4. The van der Waals surface area contributed by atoms with Crippen molar-refractivity contribution in [1.29, 1.82) is 0 Å². The lowest BCUT2D eigenvalue weighted by Gasteiger charge is -2.47. The van der Waals surface area contributed by atoms with Gasteiger partial charge in [-0.05, 0) is 92.4 Å². The molecule has 51 heavy (non-hydrogen) atoms. The van der Waals surface area contributed by atoms with Gasteiger partial charge in [-0.25, -0.2) is 4.68 Å². The molecule has 0 bridgehead atoms. The van der Waals surface area contributed by atoms with Gasteiger partial charge in [0.25, 0.3) is 17.4 Å². The van der Waals surface area contributed by atoms with E-state index in [1.807, 2.05) is 41.3 Å². The van der Waals surface area contributed by atoms with E-state index in [0.29, 0.717) is 24.3 Å². The summed E-state index contributed by atoms with van der Waals surface area (Å²) in [7, 11) is 3.67. The predicted octanol–water partition coefficient (Wildman–Crippen LogP) is 4.04. The highest BCUT2D eigenvalue weighted by atomic mass is 35.5. The number of likely N-dealkylation sites (tertiary alicyclic amines) is 2. The highest BCUT2D eigenvalue weighted by Gasteiger charge is 2.39. The standard InChI is InChI=1S/C38H46ClN7O5/c1-43-23-27(21-28(24-43)41-31-22-40-44(2)37(50)34(31)39)25-3-5-26(6-4-25)36(49)46-19-15-38(16-20-46)13-17-45(18-14-38)29-7-9-30(10-8-29)51-32-11-12-33(47)42-35(32)48/h3-10,22,27-28,32,41H,11-21,23-24H2,1-2H3,(H,42,47,48). The molecule has 4 aliphatic rings. The van der Waals surface area contributed by atoms with Crippen LogP contribution in [-0.4, -0.2) is 95.8 Å². The molecule has 270 valence electrons. The number of amides is 3. The number of benzene rings is 2. The normalized spacial score (nSPS) is 23.9. The fourth-order valence-corrected chi connectivity index (χ4v) is 8.41. The number of nitrogens with zero attached hydrogens (tertiary/aromatic N) is 5. The number of likely N-dealkylation sites (N-methyl/N-ethyl adjacent to an activating group) is 1. The Kier molecular flexibility index (Phi) is 10.1. The minimum Gasteiger partial charge on any atom is -0.481 e. The molecule has 4 fully saturated rings. The van der Waals surface area contributed by atoms with Gasteiger partial charge in [0.05, 0.1) is 11.9 Å². The number of rotatable bonds is 7. The van der Waals surface area contributed by atoms with Crippen LogP contribution in [0.2, 0.25) is 5.02 Å². The van der Waals surface area contributed by atoms with Gasteiger partial charge in [-0.2, -0.15) is 5.10 Å². The van der Waals surface area contributed by atoms with Crippen LogP contribution in [0.4, 0.5) is 11.4 Å². The van der Waals surface area contributed by atoms with E-state index in [1.54, 1.807) is 13.2 Å². The topological polar surface area (TPSA) is 129 Å². The molecular weight excluding hydrogens is 670 g/mol. The Bertz CT molecular complexity index is 1810. The molecule has 1 aromatic heterocycles. The monoisotopic (exact) mass is 715 g/mol. The Hall–Kier alpha value is -4.42. The maximum Gasteiger partial charge on any atom is 0.287 e. The van der Waals surface area contributed by atoms with Crippen molar-refractivity contribution in [2.75, 3.05) is 56.5 Å². The molecule has 5 heterocycles. The van der Waals surface area contributed by atoms with Gasteiger partial charge < -0.3 is 24.8 Å². The van der Waals surface area contributed by atoms with E-state index < -0.39 is 6.10 Å². The highest BCUT2D eigenvalue weighted by Crippen LogP contribution is 2.42. The summed E-state index contributed by atoms with van der Waals surface area (Å²) in [5.74, 6) is 0.366. The number of hydrogen-bond donors (Lipinski definition) is 2. The molecule has 2 aromatic carbocycles. The number of carbonyl (C=O) groups is 3. The van der Waals surface area contributed by atoms with E-state index >= 15 is 0 Å². The van der Waals surface area contributed by atoms with Crippen molar-refractivity contribution in [3.05, 3.63) is 81.2 Å². The van der Waals surface area contributed by atoms with E-state index in [2.05, 4.69) is 44.7 Å². The van der Waals surface area contributed by atoms with Crippen LogP contribution in [0.3, 0.4) is 0 Å². The Morgan fingerprint density at radius 2 is 1.63 bits per heavy atom. The molecule has 3 unspecified atom stereocenters. The summed E-state index contributed by atoms with van der Waals surface area (Å²) in [5.41, 5.74) is 3.55. The fraction of sp³-hybridized carbons (Fsp3) is 0.500. The zero-order valence-electron chi connectivity index (χ0n) is 29.3. The number of ether oxygens (including phenoxy) is 1. The van der Waals surface area contributed by atoms with Crippen molar-refractivity contribution >= 4 is 40.7 Å². The van der Waals surface area contributed by atoms with E-state index in [0.717, 1.165) is 82.6 Å². The average molecular weight is 716 g/mol. The molecule has 13 heteroatoms. The Morgan fingerprint density at radius 1 is 0.941 bits per heavy atom. The Balaban J connectivity index is 0.887. The van der Waals surface area contributed by atoms with Gasteiger partial charge in [-0.15, -0.1) is 0 Å². The van der Waals surface area contributed by atoms with Crippen molar-refractivity contribution in [2.24, 2.45) is 12.5 Å². The molecular formula is C38H46ClN7O5. The number of nitrogens with one attached hydrogen (secondary N) is 2. The summed E-state index contributed by atoms with van der Waals surface area (Å²) in [6, 6.07) is 16.1. The first-order valence-electron chi connectivity index (χ1n) is 18.0. The number of aromatic nitrogens is 2. The minimum atomic E-state index is -0.639. The fourth-order valence-electron chi connectivity index (χ4n) is 8.19. The first-order chi connectivity index (χ1) is 24.6. The lowest BCUT2D eigenvalue weighted by atomic mass is 9.71. The second kappa shape index (κ2) is 14.7. The summed E-state index contributed by atoms with van der Waals surface area (Å²) in [6.07, 6.45) is 6.73. The summed E-state index contributed by atoms with van der Waals surface area (Å²) in [5, 5.41) is 10.0. The largest absolute Gasteiger partial charge is 0.481 e. The molecule has 3 amide bonds. The molecule has 2 N–H and O–H groups in total. The maximum atomic E-state index is 13.6. The molecule has 1 spiro atoms. The molecule has 7 rings (SSSR count). The third-order valence-electron chi connectivity index (χ3n) is 11.3. The smallest absolute Gasteiger partial charge is 0.287 e. The summed E-state index contributed by atoms with van der Waals surface area (Å²) >= 11 is 6.32. The van der Waals surface area contributed by atoms with Crippen LogP contribution in [0.1, 0.15) is 66.8 Å². The van der Waals surface area contributed by atoms with Gasteiger partial charge in [0.2, 0.25) is 5.91 Å². The van der Waals surface area contributed by atoms with E-state index in [1.165, 1.54) is 10.2 Å². The average Bonchev–Trinajstić information content (AvgIpc) is 3.14. The Morgan fingerprint density at radius 3 is 2.31 bits per heavy atom. The number of aryl methyl sites for hydroxylation is 1. The predicted molar refractivity (Wildman–Crippen MR) is 195 cm³/mol. The number of hydrogen-bond acceptors (Lipinski definition) is 9. The van der Waals surface area contributed by atoms with Gasteiger partial charge in [0.15, 0.2) is 6.10 Å². The number of halogens is 1. The summed E-state index contributed by atoms with van der Waals surface area (Å²) in [4.78, 5) is 56.0. The molecule has 3 atom stereocenters. The Labute approximate surface area is 303 Å². The van der Waals surface area contributed by atoms with Crippen molar-refractivity contribution in [3.63, 3.8) is 0 Å². The second-order valence-electron chi connectivity index (χ2n) is 14.7. The quantitative estimate of drug-likeness (QED) is 0.349. The van der Waals surface area contributed by atoms with Crippen molar-refractivity contribution in [1.82, 2.24) is 24.9 Å². The molecule has 0 aliphatic carbocycles.